The topological polar surface area (TPSA) is 116 Å². The molecule has 32 heavy (non-hydrogen) atoms. The van der Waals surface area contributed by atoms with Gasteiger partial charge in [0.15, 0.2) is 5.75 Å². The predicted molar refractivity (Wildman–Crippen MR) is 127 cm³/mol. The average molecular weight is 580 g/mol. The number of aliphatic hydroxyl groups is 1. The summed E-state index contributed by atoms with van der Waals surface area (Å²) < 4.78 is 19.7. The lowest BCUT2D eigenvalue weighted by atomic mass is 10.2. The van der Waals surface area contributed by atoms with Crippen molar-refractivity contribution in [3.63, 3.8) is 0 Å². The summed E-state index contributed by atoms with van der Waals surface area (Å²) in [5.74, 6) is -0.461. The lowest BCUT2D eigenvalue weighted by Gasteiger charge is -2.07. The molecule has 4 rings (SSSR count). The van der Waals surface area contributed by atoms with E-state index in [4.69, 9.17) is 9.84 Å². The maximum Gasteiger partial charge on any atom is 0.311 e. The molecule has 176 valence electrons. The van der Waals surface area contributed by atoms with Crippen molar-refractivity contribution in [2.24, 2.45) is 0 Å². The molecule has 11 heteroatoms. The minimum atomic E-state index is -0.822. The zero-order chi connectivity index (χ0) is 23.3. The Bertz CT molecular complexity index is 981. The molecule has 2 fully saturated rings. The van der Waals surface area contributed by atoms with E-state index in [2.05, 4.69) is 31.9 Å². The van der Waals surface area contributed by atoms with Gasteiger partial charge < -0.3 is 9.84 Å². The lowest BCUT2D eigenvalue weighted by molar-refractivity contribution is -0.387. The number of benzene rings is 2. The number of hydrogen-bond donors (Lipinski definition) is 1. The van der Waals surface area contributed by atoms with Gasteiger partial charge in [0, 0.05) is 27.1 Å². The second-order valence-corrected chi connectivity index (χ2v) is 8.89. The summed E-state index contributed by atoms with van der Waals surface area (Å²) in [5.41, 5.74) is 1.03. The molecule has 2 saturated carbocycles. The number of aliphatic hydroxyl groups excluding tert-OH is 1. The van der Waals surface area contributed by atoms with Gasteiger partial charge in [-0.1, -0.05) is 39.3 Å². The summed E-state index contributed by atoms with van der Waals surface area (Å²) in [6, 6.07) is 5.49. The molecule has 0 aromatic heterocycles. The normalized spacial score (nSPS) is 14.1. The van der Waals surface area contributed by atoms with E-state index in [-0.39, 0.29) is 25.3 Å². The van der Waals surface area contributed by atoms with E-state index >= 15 is 0 Å². The molecular weight excluding hydrogens is 555 g/mol. The van der Waals surface area contributed by atoms with Crippen LogP contribution in [0.4, 0.5) is 15.8 Å². The lowest BCUT2D eigenvalue weighted by Crippen LogP contribution is -2.00. The summed E-state index contributed by atoms with van der Waals surface area (Å²) in [5, 5.41) is 29.2. The molecule has 2 aromatic rings. The van der Waals surface area contributed by atoms with E-state index in [1.807, 2.05) is 6.92 Å². The first-order valence-electron chi connectivity index (χ1n) is 9.38. The number of aryl methyl sites for hydroxylation is 2. The van der Waals surface area contributed by atoms with Gasteiger partial charge in [-0.25, -0.2) is 0 Å². The smallest absolute Gasteiger partial charge is 0.311 e. The summed E-state index contributed by atoms with van der Waals surface area (Å²) in [4.78, 5) is 19.9. The third kappa shape index (κ3) is 8.79. The van der Waals surface area contributed by atoms with Gasteiger partial charge in [0.2, 0.25) is 5.82 Å². The molecule has 0 atom stereocenters. The third-order valence-electron chi connectivity index (χ3n) is 4.23. The van der Waals surface area contributed by atoms with Crippen LogP contribution in [0.3, 0.4) is 0 Å². The van der Waals surface area contributed by atoms with Crippen molar-refractivity contribution in [2.75, 3.05) is 0 Å². The van der Waals surface area contributed by atoms with Crippen molar-refractivity contribution in [2.45, 2.75) is 59.2 Å². The number of nitrogens with zero attached hydrogens (tertiary/aromatic N) is 2. The highest BCUT2D eigenvalue weighted by Crippen LogP contribution is 2.37. The van der Waals surface area contributed by atoms with Crippen molar-refractivity contribution in [1.82, 2.24) is 0 Å². The van der Waals surface area contributed by atoms with Gasteiger partial charge in [0.25, 0.3) is 0 Å². The Kier molecular flexibility index (Phi) is 10.7. The maximum absolute atomic E-state index is 12.8. The molecule has 0 radical (unpaired) electrons. The summed E-state index contributed by atoms with van der Waals surface area (Å²) in [7, 11) is 0. The SMILES string of the molecule is C.Cc1cc([N+](=O)[O-])c(F)cc1Br.Cc1cc([N+](=O)[O-])c(OC2CC2)cc1Br.OC1CC1. The van der Waals surface area contributed by atoms with Crippen LogP contribution in [0.5, 0.6) is 5.75 Å². The van der Waals surface area contributed by atoms with Crippen LogP contribution in [0, 0.1) is 39.9 Å². The van der Waals surface area contributed by atoms with Crippen molar-refractivity contribution in [3.05, 3.63) is 70.4 Å². The number of ether oxygens (including phenoxy) is 1. The minimum absolute atomic E-state index is 0. The molecule has 2 aliphatic carbocycles. The number of rotatable bonds is 4. The van der Waals surface area contributed by atoms with Crippen molar-refractivity contribution in [1.29, 1.82) is 0 Å². The van der Waals surface area contributed by atoms with Gasteiger partial charge >= 0.3 is 11.4 Å². The highest BCUT2D eigenvalue weighted by Gasteiger charge is 2.27. The van der Waals surface area contributed by atoms with Crippen molar-refractivity contribution in [3.8, 4) is 5.75 Å². The van der Waals surface area contributed by atoms with Crippen LogP contribution in [-0.4, -0.2) is 27.2 Å². The predicted octanol–water partition coefficient (Wildman–Crippen LogP) is 6.79. The van der Waals surface area contributed by atoms with E-state index in [1.165, 1.54) is 12.1 Å². The second kappa shape index (κ2) is 12.2. The number of nitro groups is 2. The summed E-state index contributed by atoms with van der Waals surface area (Å²) in [6.07, 6.45) is 4.31. The van der Waals surface area contributed by atoms with Crippen LogP contribution < -0.4 is 4.74 Å². The van der Waals surface area contributed by atoms with E-state index in [9.17, 15) is 24.6 Å². The molecule has 0 unspecified atom stereocenters. The molecule has 2 aromatic carbocycles. The Morgan fingerprint density at radius 1 is 0.938 bits per heavy atom. The molecule has 0 spiro atoms. The van der Waals surface area contributed by atoms with Gasteiger partial charge in [0.05, 0.1) is 22.1 Å². The molecule has 8 nitrogen and oxygen atoms in total. The summed E-state index contributed by atoms with van der Waals surface area (Å²) in [6.45, 7) is 3.48. The van der Waals surface area contributed by atoms with Gasteiger partial charge in [-0.15, -0.1) is 0 Å². The molecule has 1 N–H and O–H groups in total. The first kappa shape index (κ1) is 27.9. The molecule has 0 aliphatic heterocycles. The molecule has 0 heterocycles. The number of hydrogen-bond acceptors (Lipinski definition) is 6. The van der Waals surface area contributed by atoms with Gasteiger partial charge in [0.1, 0.15) is 0 Å². The zero-order valence-electron chi connectivity index (χ0n) is 16.8. The Balaban J connectivity index is 0.000000269. The summed E-state index contributed by atoms with van der Waals surface area (Å²) >= 11 is 6.40. The van der Waals surface area contributed by atoms with Gasteiger partial charge in [-0.3, -0.25) is 20.2 Å². The third-order valence-corrected chi connectivity index (χ3v) is 5.94. The first-order valence-corrected chi connectivity index (χ1v) is 11.0. The Morgan fingerprint density at radius 2 is 1.38 bits per heavy atom. The monoisotopic (exact) mass is 578 g/mol. The molecular formula is C21H25Br2FN2O6. The fraction of sp³-hybridized carbons (Fsp3) is 0.429. The van der Waals surface area contributed by atoms with Crippen LogP contribution in [0.15, 0.2) is 33.2 Å². The molecule has 2 aliphatic rings. The highest BCUT2D eigenvalue weighted by molar-refractivity contribution is 9.10. The van der Waals surface area contributed by atoms with Crippen LogP contribution in [0.2, 0.25) is 0 Å². The first-order chi connectivity index (χ1) is 14.5. The molecule has 0 saturated heterocycles. The molecule has 0 amide bonds. The largest absolute Gasteiger partial charge is 0.483 e. The quantitative estimate of drug-likeness (QED) is 0.315. The van der Waals surface area contributed by atoms with Crippen LogP contribution in [-0.2, 0) is 0 Å². The number of halogens is 3. The fourth-order valence-corrected chi connectivity index (χ4v) is 2.74. The van der Waals surface area contributed by atoms with E-state index in [0.717, 1.165) is 41.8 Å². The number of nitro benzene ring substituents is 2. The Labute approximate surface area is 202 Å². The maximum atomic E-state index is 12.8. The highest BCUT2D eigenvalue weighted by atomic mass is 79.9. The second-order valence-electron chi connectivity index (χ2n) is 7.18. The minimum Gasteiger partial charge on any atom is -0.483 e. The molecule has 0 bridgehead atoms. The van der Waals surface area contributed by atoms with E-state index in [1.54, 1.807) is 13.0 Å². The van der Waals surface area contributed by atoms with Crippen molar-refractivity contribution >= 4 is 43.2 Å². The van der Waals surface area contributed by atoms with E-state index < -0.39 is 21.4 Å². The van der Waals surface area contributed by atoms with Crippen LogP contribution >= 0.6 is 31.9 Å². The Hall–Kier alpha value is -2.11. The standard InChI is InChI=1S/C10H10BrNO3.C7H5BrFNO2.C3H6O.CH4/c1-6-4-9(12(13)14)10(5-8(6)11)15-7-2-3-7;1-4-2-7(10(11)12)6(9)3-5(4)8;4-3-1-2-3;/h4-5,7H,2-3H2,1H3;2-3H,1H3;3-4H,1-2H2;1H4. The van der Waals surface area contributed by atoms with Gasteiger partial charge in [-0.05, 0) is 56.7 Å². The van der Waals surface area contributed by atoms with Crippen molar-refractivity contribution < 1.29 is 24.1 Å². The Morgan fingerprint density at radius 3 is 1.78 bits per heavy atom. The van der Waals surface area contributed by atoms with E-state index in [0.29, 0.717) is 15.8 Å². The average Bonchev–Trinajstić information content (AvgIpc) is 3.60. The van der Waals surface area contributed by atoms with Crippen LogP contribution in [0.25, 0.3) is 0 Å². The fourth-order valence-electron chi connectivity index (χ4n) is 2.11. The van der Waals surface area contributed by atoms with Gasteiger partial charge in [-0.2, -0.15) is 4.39 Å². The zero-order valence-corrected chi connectivity index (χ0v) is 20.0. The van der Waals surface area contributed by atoms with Crippen LogP contribution in [0.1, 0.15) is 44.2 Å².